The van der Waals surface area contributed by atoms with Gasteiger partial charge in [0, 0.05) is 11.1 Å². The molecule has 0 bridgehead atoms. The van der Waals surface area contributed by atoms with E-state index in [-0.39, 0.29) is 11.9 Å². The zero-order valence-electron chi connectivity index (χ0n) is 9.47. The van der Waals surface area contributed by atoms with Crippen LogP contribution >= 0.6 is 11.6 Å². The molecule has 1 aromatic carbocycles. The third-order valence-electron chi connectivity index (χ3n) is 3.34. The maximum atomic E-state index is 13.0. The number of rotatable bonds is 4. The number of hydrogen-bond acceptors (Lipinski definition) is 1. The molecule has 1 N–H and O–H groups in total. The van der Waals surface area contributed by atoms with Crippen LogP contribution in [-0.2, 0) is 0 Å². The largest absolute Gasteiger partial charge is 0.310 e. The Morgan fingerprint density at radius 3 is 2.75 bits per heavy atom. The van der Waals surface area contributed by atoms with Crippen molar-refractivity contribution in [3.05, 3.63) is 34.6 Å². The predicted octanol–water partition coefficient (Wildman–Crippen LogP) is 3.93. The van der Waals surface area contributed by atoms with Gasteiger partial charge in [0.25, 0.3) is 0 Å². The SMILES string of the molecule is CCNC(c1ccc(F)cc1Cl)C1CCC1. The first-order valence-electron chi connectivity index (χ1n) is 5.90. The Bertz CT molecular complexity index is 363. The van der Waals surface area contributed by atoms with Crippen molar-refractivity contribution in [1.29, 1.82) is 0 Å². The summed E-state index contributed by atoms with van der Waals surface area (Å²) in [4.78, 5) is 0. The van der Waals surface area contributed by atoms with E-state index in [0.717, 1.165) is 12.1 Å². The first-order valence-corrected chi connectivity index (χ1v) is 6.28. The van der Waals surface area contributed by atoms with E-state index in [1.807, 2.05) is 6.07 Å². The van der Waals surface area contributed by atoms with Gasteiger partial charge in [-0.05, 0) is 43.0 Å². The Kier molecular flexibility index (Phi) is 3.82. The monoisotopic (exact) mass is 241 g/mol. The molecule has 0 spiro atoms. The normalized spacial score (nSPS) is 18.2. The second-order valence-corrected chi connectivity index (χ2v) is 4.80. The summed E-state index contributed by atoms with van der Waals surface area (Å²) in [5.74, 6) is 0.389. The highest BCUT2D eigenvalue weighted by Crippen LogP contribution is 2.39. The van der Waals surface area contributed by atoms with Gasteiger partial charge in [0.05, 0.1) is 0 Å². The molecule has 0 radical (unpaired) electrons. The van der Waals surface area contributed by atoms with Crippen LogP contribution in [0.5, 0.6) is 0 Å². The minimum atomic E-state index is -0.266. The second kappa shape index (κ2) is 5.15. The van der Waals surface area contributed by atoms with Crippen LogP contribution in [0.3, 0.4) is 0 Å². The summed E-state index contributed by atoms with van der Waals surface area (Å²) >= 11 is 6.11. The van der Waals surface area contributed by atoms with Crippen LogP contribution in [0.15, 0.2) is 18.2 Å². The third kappa shape index (κ3) is 2.38. The molecule has 1 saturated carbocycles. The first kappa shape index (κ1) is 11.9. The van der Waals surface area contributed by atoms with Crippen molar-refractivity contribution in [3.8, 4) is 0 Å². The lowest BCUT2D eigenvalue weighted by atomic mass is 9.77. The van der Waals surface area contributed by atoms with E-state index in [0.29, 0.717) is 10.9 Å². The van der Waals surface area contributed by atoms with E-state index < -0.39 is 0 Å². The topological polar surface area (TPSA) is 12.0 Å². The molecule has 0 saturated heterocycles. The van der Waals surface area contributed by atoms with Gasteiger partial charge < -0.3 is 5.32 Å². The van der Waals surface area contributed by atoms with Crippen LogP contribution < -0.4 is 5.32 Å². The number of hydrogen-bond donors (Lipinski definition) is 1. The van der Waals surface area contributed by atoms with E-state index in [2.05, 4.69) is 12.2 Å². The highest BCUT2D eigenvalue weighted by molar-refractivity contribution is 6.31. The summed E-state index contributed by atoms with van der Waals surface area (Å²) in [5, 5.41) is 3.99. The third-order valence-corrected chi connectivity index (χ3v) is 3.67. The second-order valence-electron chi connectivity index (χ2n) is 4.39. The summed E-state index contributed by atoms with van der Waals surface area (Å²) in [6.07, 6.45) is 3.78. The van der Waals surface area contributed by atoms with Crippen LogP contribution in [-0.4, -0.2) is 6.54 Å². The summed E-state index contributed by atoms with van der Waals surface area (Å²) < 4.78 is 13.0. The average molecular weight is 242 g/mol. The molecule has 1 aliphatic carbocycles. The molecule has 1 nitrogen and oxygen atoms in total. The van der Waals surface area contributed by atoms with Crippen molar-refractivity contribution in [2.24, 2.45) is 5.92 Å². The molecule has 0 aromatic heterocycles. The molecule has 1 fully saturated rings. The van der Waals surface area contributed by atoms with Gasteiger partial charge in [-0.3, -0.25) is 0 Å². The van der Waals surface area contributed by atoms with Crippen molar-refractivity contribution in [3.63, 3.8) is 0 Å². The number of nitrogens with one attached hydrogen (secondary N) is 1. The summed E-state index contributed by atoms with van der Waals surface area (Å²) in [6.45, 7) is 3.00. The van der Waals surface area contributed by atoms with Gasteiger partial charge in [-0.25, -0.2) is 4.39 Å². The van der Waals surface area contributed by atoms with Crippen molar-refractivity contribution < 1.29 is 4.39 Å². The molecular weight excluding hydrogens is 225 g/mol. The summed E-state index contributed by atoms with van der Waals surface area (Å²) in [7, 11) is 0. The molecule has 0 aliphatic heterocycles. The Hall–Kier alpha value is -0.600. The molecule has 88 valence electrons. The average Bonchev–Trinajstić information content (AvgIpc) is 2.14. The molecule has 1 aliphatic rings. The Morgan fingerprint density at radius 1 is 1.50 bits per heavy atom. The van der Waals surface area contributed by atoms with Crippen molar-refractivity contribution in [1.82, 2.24) is 5.32 Å². The maximum Gasteiger partial charge on any atom is 0.124 e. The zero-order chi connectivity index (χ0) is 11.5. The Balaban J connectivity index is 2.23. The fourth-order valence-corrected chi connectivity index (χ4v) is 2.56. The van der Waals surface area contributed by atoms with E-state index in [1.165, 1.54) is 31.4 Å². The molecule has 0 amide bonds. The first-order chi connectivity index (χ1) is 7.72. The van der Waals surface area contributed by atoms with Gasteiger partial charge in [0.1, 0.15) is 5.82 Å². The zero-order valence-corrected chi connectivity index (χ0v) is 10.2. The van der Waals surface area contributed by atoms with Crippen LogP contribution in [0.25, 0.3) is 0 Å². The lowest BCUT2D eigenvalue weighted by molar-refractivity contribution is 0.233. The number of halogens is 2. The Labute approximate surface area is 101 Å². The smallest absolute Gasteiger partial charge is 0.124 e. The van der Waals surface area contributed by atoms with Crippen LogP contribution in [0.4, 0.5) is 4.39 Å². The fourth-order valence-electron chi connectivity index (χ4n) is 2.28. The highest BCUT2D eigenvalue weighted by atomic mass is 35.5. The fraction of sp³-hybridized carbons (Fsp3) is 0.538. The molecule has 1 atom stereocenters. The molecule has 0 heterocycles. The standard InChI is InChI=1S/C13H17ClFN/c1-2-16-13(9-4-3-5-9)11-7-6-10(15)8-12(11)14/h6-9,13,16H,2-5H2,1H3. The molecule has 16 heavy (non-hydrogen) atoms. The van der Waals surface area contributed by atoms with E-state index in [9.17, 15) is 4.39 Å². The quantitative estimate of drug-likeness (QED) is 0.842. The lowest BCUT2D eigenvalue weighted by Gasteiger charge is -2.35. The predicted molar refractivity (Wildman–Crippen MR) is 65.2 cm³/mol. The van der Waals surface area contributed by atoms with Gasteiger partial charge in [0.2, 0.25) is 0 Å². The minimum absolute atomic E-state index is 0.266. The van der Waals surface area contributed by atoms with Crippen molar-refractivity contribution in [2.75, 3.05) is 6.54 Å². The highest BCUT2D eigenvalue weighted by Gasteiger charge is 2.29. The van der Waals surface area contributed by atoms with Gasteiger partial charge >= 0.3 is 0 Å². The number of benzene rings is 1. The van der Waals surface area contributed by atoms with Gasteiger partial charge in [-0.1, -0.05) is 31.0 Å². The summed E-state index contributed by atoms with van der Waals surface area (Å²) in [5.41, 5.74) is 1.04. The van der Waals surface area contributed by atoms with Crippen molar-refractivity contribution >= 4 is 11.6 Å². The Morgan fingerprint density at radius 2 is 2.25 bits per heavy atom. The van der Waals surface area contributed by atoms with E-state index in [1.54, 1.807) is 0 Å². The molecule has 3 heteroatoms. The maximum absolute atomic E-state index is 13.0. The van der Waals surface area contributed by atoms with E-state index >= 15 is 0 Å². The van der Waals surface area contributed by atoms with Gasteiger partial charge in [0.15, 0.2) is 0 Å². The summed E-state index contributed by atoms with van der Waals surface area (Å²) in [6, 6.07) is 4.99. The van der Waals surface area contributed by atoms with Crippen LogP contribution in [0.1, 0.15) is 37.8 Å². The molecular formula is C13H17ClFN. The van der Waals surface area contributed by atoms with Crippen LogP contribution in [0, 0.1) is 11.7 Å². The van der Waals surface area contributed by atoms with Gasteiger partial charge in [-0.15, -0.1) is 0 Å². The molecule has 1 unspecified atom stereocenters. The minimum Gasteiger partial charge on any atom is -0.310 e. The lowest BCUT2D eigenvalue weighted by Crippen LogP contribution is -2.32. The molecule has 2 rings (SSSR count). The van der Waals surface area contributed by atoms with Crippen molar-refractivity contribution in [2.45, 2.75) is 32.2 Å². The molecule has 1 aromatic rings. The van der Waals surface area contributed by atoms with E-state index in [4.69, 9.17) is 11.6 Å². The van der Waals surface area contributed by atoms with Gasteiger partial charge in [-0.2, -0.15) is 0 Å². The van der Waals surface area contributed by atoms with Crippen LogP contribution in [0.2, 0.25) is 5.02 Å².